The van der Waals surface area contributed by atoms with Crippen LogP contribution in [0.2, 0.25) is 0 Å². The Labute approximate surface area is 127 Å². The molecule has 1 aliphatic rings. The van der Waals surface area contributed by atoms with E-state index in [4.69, 9.17) is 4.74 Å². The fraction of sp³-hybridized carbons (Fsp3) is 0.533. The number of aromatic carboxylic acids is 1. The summed E-state index contributed by atoms with van der Waals surface area (Å²) in [5.74, 6) is 0.862. The minimum atomic E-state index is -0.926. The molecule has 2 unspecified atom stereocenters. The van der Waals surface area contributed by atoms with Gasteiger partial charge in [0.05, 0.1) is 6.10 Å². The number of halogens is 1. The first kappa shape index (κ1) is 14.6. The van der Waals surface area contributed by atoms with Crippen molar-refractivity contribution in [2.75, 3.05) is 0 Å². The van der Waals surface area contributed by atoms with Crippen LogP contribution < -0.4 is 4.74 Å². The number of carboxylic acid groups (broad SMARTS) is 1. The predicted molar refractivity (Wildman–Crippen MR) is 82.7 cm³/mol. The molecule has 104 valence electrons. The summed E-state index contributed by atoms with van der Waals surface area (Å²) in [5.41, 5.74) is 0.262. The van der Waals surface area contributed by atoms with E-state index in [0.29, 0.717) is 17.6 Å². The van der Waals surface area contributed by atoms with E-state index in [9.17, 15) is 9.90 Å². The molecular formula is C15H19IO3. The summed E-state index contributed by atoms with van der Waals surface area (Å²) in [4.78, 5) is 11.3. The highest BCUT2D eigenvalue weighted by Gasteiger charge is 2.26. The Morgan fingerprint density at radius 3 is 2.47 bits per heavy atom. The molecule has 0 radical (unpaired) electrons. The maximum absolute atomic E-state index is 11.3. The molecule has 0 heterocycles. The van der Waals surface area contributed by atoms with Crippen molar-refractivity contribution < 1.29 is 14.6 Å². The zero-order valence-electron chi connectivity index (χ0n) is 11.2. The van der Waals surface area contributed by atoms with Crippen LogP contribution in [0.5, 0.6) is 5.75 Å². The minimum absolute atomic E-state index is 0.136. The van der Waals surface area contributed by atoms with Gasteiger partial charge < -0.3 is 9.84 Å². The van der Waals surface area contributed by atoms with Crippen molar-refractivity contribution in [2.24, 2.45) is 11.8 Å². The van der Waals surface area contributed by atoms with Gasteiger partial charge in [-0.1, -0.05) is 13.8 Å². The van der Waals surface area contributed by atoms with Crippen LogP contribution in [0.3, 0.4) is 0 Å². The van der Waals surface area contributed by atoms with Crippen LogP contribution in [0.25, 0.3) is 0 Å². The Kier molecular flexibility index (Phi) is 4.71. The number of hydrogen-bond acceptors (Lipinski definition) is 2. The molecule has 2 atom stereocenters. The molecule has 1 N–H and O–H groups in total. The minimum Gasteiger partial charge on any atom is -0.490 e. The van der Waals surface area contributed by atoms with Crippen LogP contribution >= 0.6 is 22.6 Å². The van der Waals surface area contributed by atoms with Crippen LogP contribution in [0, 0.1) is 15.4 Å². The highest BCUT2D eigenvalue weighted by molar-refractivity contribution is 14.1. The van der Waals surface area contributed by atoms with Crippen molar-refractivity contribution in [2.45, 2.75) is 39.2 Å². The highest BCUT2D eigenvalue weighted by Crippen LogP contribution is 2.32. The molecule has 0 aromatic heterocycles. The van der Waals surface area contributed by atoms with Gasteiger partial charge in [0.1, 0.15) is 11.3 Å². The molecule has 1 aliphatic carbocycles. The Hall–Kier alpha value is -0.780. The maximum Gasteiger partial charge on any atom is 0.339 e. The first-order valence-corrected chi connectivity index (χ1v) is 7.73. The molecule has 2 rings (SSSR count). The molecular weight excluding hydrogens is 355 g/mol. The van der Waals surface area contributed by atoms with Crippen molar-refractivity contribution in [1.82, 2.24) is 0 Å². The van der Waals surface area contributed by atoms with Crippen molar-refractivity contribution in [3.8, 4) is 5.75 Å². The first-order chi connectivity index (χ1) is 8.95. The van der Waals surface area contributed by atoms with Crippen LogP contribution in [-0.4, -0.2) is 17.2 Å². The lowest BCUT2D eigenvalue weighted by Gasteiger charge is -2.32. The first-order valence-electron chi connectivity index (χ1n) is 6.65. The largest absolute Gasteiger partial charge is 0.490 e. The third-order valence-corrected chi connectivity index (χ3v) is 4.27. The second kappa shape index (κ2) is 6.11. The fourth-order valence-corrected chi connectivity index (χ4v) is 3.41. The van der Waals surface area contributed by atoms with Crippen molar-refractivity contribution in [1.29, 1.82) is 0 Å². The molecule has 1 aromatic rings. The van der Waals surface area contributed by atoms with Gasteiger partial charge >= 0.3 is 5.97 Å². The van der Waals surface area contributed by atoms with Gasteiger partial charge in [0.2, 0.25) is 0 Å². The smallest absolute Gasteiger partial charge is 0.339 e. The average molecular weight is 374 g/mol. The number of carbonyl (C=O) groups is 1. The number of ether oxygens (including phenoxy) is 1. The predicted octanol–water partition coefficient (Wildman–Crippen LogP) is 4.19. The Bertz CT molecular complexity index is 462. The highest BCUT2D eigenvalue weighted by atomic mass is 127. The SMILES string of the molecule is CC1CC(C)CC(Oc2ccc(I)cc2C(=O)O)C1. The molecule has 0 saturated heterocycles. The van der Waals surface area contributed by atoms with E-state index in [1.54, 1.807) is 12.1 Å². The third kappa shape index (κ3) is 3.84. The quantitative estimate of drug-likeness (QED) is 0.807. The number of hydrogen-bond donors (Lipinski definition) is 1. The van der Waals surface area contributed by atoms with Crippen LogP contribution in [0.15, 0.2) is 18.2 Å². The van der Waals surface area contributed by atoms with E-state index >= 15 is 0 Å². The molecule has 4 heteroatoms. The van der Waals surface area contributed by atoms with E-state index < -0.39 is 5.97 Å². The van der Waals surface area contributed by atoms with Gasteiger partial charge in [-0.15, -0.1) is 0 Å². The molecule has 1 fully saturated rings. The van der Waals surface area contributed by atoms with Gasteiger partial charge in [-0.25, -0.2) is 4.79 Å². The van der Waals surface area contributed by atoms with Gasteiger partial charge in [0, 0.05) is 3.57 Å². The normalized spacial score (nSPS) is 27.0. The zero-order valence-corrected chi connectivity index (χ0v) is 13.4. The topological polar surface area (TPSA) is 46.5 Å². The van der Waals surface area contributed by atoms with E-state index in [1.165, 1.54) is 6.42 Å². The average Bonchev–Trinajstić information content (AvgIpc) is 2.30. The lowest BCUT2D eigenvalue weighted by Crippen LogP contribution is -2.29. The summed E-state index contributed by atoms with van der Waals surface area (Å²) >= 11 is 2.11. The molecule has 0 bridgehead atoms. The van der Waals surface area contributed by atoms with E-state index in [0.717, 1.165) is 16.4 Å². The maximum atomic E-state index is 11.3. The molecule has 0 spiro atoms. The summed E-state index contributed by atoms with van der Waals surface area (Å²) in [5, 5.41) is 9.24. The molecule has 19 heavy (non-hydrogen) atoms. The third-order valence-electron chi connectivity index (χ3n) is 3.60. The Morgan fingerprint density at radius 1 is 1.26 bits per heavy atom. The lowest BCUT2D eigenvalue weighted by molar-refractivity contribution is 0.0676. The van der Waals surface area contributed by atoms with Crippen LogP contribution in [-0.2, 0) is 0 Å². The molecule has 1 saturated carbocycles. The Balaban J connectivity index is 2.16. The van der Waals surface area contributed by atoms with Crippen molar-refractivity contribution >= 4 is 28.6 Å². The monoisotopic (exact) mass is 374 g/mol. The second-order valence-electron chi connectivity index (χ2n) is 5.60. The van der Waals surface area contributed by atoms with Crippen LogP contribution in [0.4, 0.5) is 0 Å². The van der Waals surface area contributed by atoms with E-state index in [1.807, 2.05) is 6.07 Å². The van der Waals surface area contributed by atoms with E-state index in [2.05, 4.69) is 36.4 Å². The van der Waals surface area contributed by atoms with Crippen molar-refractivity contribution in [3.05, 3.63) is 27.3 Å². The lowest BCUT2D eigenvalue weighted by atomic mass is 9.82. The fourth-order valence-electron chi connectivity index (χ4n) is 2.92. The van der Waals surface area contributed by atoms with Gasteiger partial charge in [0.25, 0.3) is 0 Å². The standard InChI is InChI=1S/C15H19IO3/c1-9-5-10(2)7-12(6-9)19-14-4-3-11(16)8-13(14)15(17)18/h3-4,8-10,12H,5-7H2,1-2H3,(H,17,18). The van der Waals surface area contributed by atoms with Gasteiger partial charge in [-0.2, -0.15) is 0 Å². The summed E-state index contributed by atoms with van der Waals surface area (Å²) < 4.78 is 6.87. The summed E-state index contributed by atoms with van der Waals surface area (Å²) in [6, 6.07) is 5.32. The molecule has 1 aromatic carbocycles. The summed E-state index contributed by atoms with van der Waals surface area (Å²) in [6.45, 7) is 4.47. The molecule has 0 aliphatic heterocycles. The van der Waals surface area contributed by atoms with Crippen molar-refractivity contribution in [3.63, 3.8) is 0 Å². The van der Waals surface area contributed by atoms with Gasteiger partial charge in [0.15, 0.2) is 0 Å². The van der Waals surface area contributed by atoms with E-state index in [-0.39, 0.29) is 11.7 Å². The van der Waals surface area contributed by atoms with Gasteiger partial charge in [-0.3, -0.25) is 0 Å². The second-order valence-corrected chi connectivity index (χ2v) is 6.85. The molecule has 0 amide bonds. The number of rotatable bonds is 3. The number of benzene rings is 1. The summed E-state index contributed by atoms with van der Waals surface area (Å²) in [7, 11) is 0. The number of carboxylic acids is 1. The Morgan fingerprint density at radius 2 is 1.89 bits per heavy atom. The molecule has 3 nitrogen and oxygen atoms in total. The van der Waals surface area contributed by atoms with Crippen LogP contribution in [0.1, 0.15) is 43.5 Å². The zero-order chi connectivity index (χ0) is 14.0. The van der Waals surface area contributed by atoms with Gasteiger partial charge in [-0.05, 0) is 71.9 Å². The summed E-state index contributed by atoms with van der Waals surface area (Å²) in [6.07, 6.45) is 3.39.